The molecule has 1 amide bonds. The van der Waals surface area contributed by atoms with Crippen molar-refractivity contribution in [2.75, 3.05) is 27.2 Å². The first-order chi connectivity index (χ1) is 10.1. The van der Waals surface area contributed by atoms with Crippen molar-refractivity contribution in [2.24, 2.45) is 0 Å². The Morgan fingerprint density at radius 1 is 1.33 bits per heavy atom. The van der Waals surface area contributed by atoms with Gasteiger partial charge in [-0.1, -0.05) is 12.1 Å². The number of carbonyl (C=O) groups excluding carboxylic acids is 1. The summed E-state index contributed by atoms with van der Waals surface area (Å²) in [7, 11) is 4.01. The van der Waals surface area contributed by atoms with Crippen molar-refractivity contribution in [3.8, 4) is 0 Å². The molecule has 0 saturated carbocycles. The largest absolute Gasteiger partial charge is 0.351 e. The van der Waals surface area contributed by atoms with E-state index in [4.69, 9.17) is 0 Å². The molecule has 3 heteroatoms. The minimum Gasteiger partial charge on any atom is -0.351 e. The molecule has 21 heavy (non-hydrogen) atoms. The van der Waals surface area contributed by atoms with Gasteiger partial charge in [0.15, 0.2) is 0 Å². The number of benzene rings is 1. The first kappa shape index (κ1) is 15.8. The molecule has 0 fully saturated rings. The molecule has 0 heterocycles. The summed E-state index contributed by atoms with van der Waals surface area (Å²) in [5.41, 5.74) is 4.67. The highest BCUT2D eigenvalue weighted by atomic mass is 16.1. The first-order valence-electron chi connectivity index (χ1n) is 7.81. The molecule has 0 radical (unpaired) electrons. The van der Waals surface area contributed by atoms with Gasteiger partial charge >= 0.3 is 0 Å². The van der Waals surface area contributed by atoms with Gasteiger partial charge in [0.2, 0.25) is 0 Å². The molecule has 0 saturated heterocycles. The van der Waals surface area contributed by atoms with Crippen LogP contribution in [0.5, 0.6) is 0 Å². The average Bonchev–Trinajstić information content (AvgIpc) is 2.48. The summed E-state index contributed by atoms with van der Waals surface area (Å²) >= 11 is 0. The summed E-state index contributed by atoms with van der Waals surface area (Å²) in [6.45, 7) is 3.66. The number of amides is 1. The topological polar surface area (TPSA) is 32.3 Å². The van der Waals surface area contributed by atoms with Gasteiger partial charge in [-0.3, -0.25) is 4.79 Å². The molecule has 3 nitrogen and oxygen atoms in total. The summed E-state index contributed by atoms with van der Waals surface area (Å²) in [4.78, 5) is 14.3. The van der Waals surface area contributed by atoms with Crippen molar-refractivity contribution >= 4 is 11.5 Å². The highest BCUT2D eigenvalue weighted by Crippen LogP contribution is 2.29. The third kappa shape index (κ3) is 4.43. The van der Waals surface area contributed by atoms with E-state index in [1.807, 2.05) is 20.2 Å². The number of allylic oxidation sites excluding steroid dienone is 2. The second-order valence-corrected chi connectivity index (χ2v) is 6.06. The Hall–Kier alpha value is -1.61. The van der Waals surface area contributed by atoms with Gasteiger partial charge in [0, 0.05) is 20.1 Å². The second-order valence-electron chi connectivity index (χ2n) is 6.06. The predicted octanol–water partition coefficient (Wildman–Crippen LogP) is 3.49. The molecule has 0 unspecified atom stereocenters. The molecular weight excluding hydrogens is 260 g/mol. The molecule has 1 N–H and O–H groups in total. The second kappa shape index (κ2) is 7.41. The highest BCUT2D eigenvalue weighted by molar-refractivity contribution is 5.95. The van der Waals surface area contributed by atoms with Crippen LogP contribution in [0.4, 0.5) is 0 Å². The zero-order valence-corrected chi connectivity index (χ0v) is 13.4. The Morgan fingerprint density at radius 2 is 2.14 bits per heavy atom. The molecule has 2 rings (SSSR count). The normalized spacial score (nSPS) is 15.0. The van der Waals surface area contributed by atoms with Gasteiger partial charge in [-0.05, 0) is 75.5 Å². The van der Waals surface area contributed by atoms with Gasteiger partial charge in [0.25, 0.3) is 5.91 Å². The number of hydrogen-bond acceptors (Lipinski definition) is 2. The van der Waals surface area contributed by atoms with Crippen LogP contribution in [0.25, 0.3) is 5.57 Å². The lowest BCUT2D eigenvalue weighted by molar-refractivity contribution is 0.0951. The number of likely N-dealkylation sites (N-methyl/N-ethyl adjacent to an activating group) is 1. The van der Waals surface area contributed by atoms with E-state index >= 15 is 0 Å². The number of hydrogen-bond donors (Lipinski definition) is 1. The Bertz CT molecular complexity index is 538. The molecule has 1 aliphatic carbocycles. The van der Waals surface area contributed by atoms with Crippen LogP contribution in [-0.4, -0.2) is 38.0 Å². The van der Waals surface area contributed by atoms with Crippen LogP contribution >= 0.6 is 0 Å². The van der Waals surface area contributed by atoms with Crippen LogP contribution in [0.2, 0.25) is 0 Å². The third-order valence-corrected chi connectivity index (χ3v) is 3.98. The number of nitrogens with one attached hydrogen (secondary N) is 1. The average molecular weight is 288 g/mol. The fourth-order valence-corrected chi connectivity index (χ4v) is 2.69. The maximum atomic E-state index is 12.2. The SMILES string of the molecule is Cc1ccc(C(=O)NCCN(C)C)cc1C1=CCCCC1.[HH]. The van der Waals surface area contributed by atoms with Crippen LogP contribution in [-0.2, 0) is 0 Å². The Balaban J connectivity index is 0.00000242. The lowest BCUT2D eigenvalue weighted by atomic mass is 9.90. The molecule has 0 aliphatic heterocycles. The Morgan fingerprint density at radius 3 is 2.81 bits per heavy atom. The van der Waals surface area contributed by atoms with E-state index in [1.165, 1.54) is 29.5 Å². The molecule has 1 aromatic rings. The Labute approximate surface area is 129 Å². The van der Waals surface area contributed by atoms with Gasteiger partial charge in [0.05, 0.1) is 0 Å². The molecule has 0 spiro atoms. The van der Waals surface area contributed by atoms with E-state index in [0.717, 1.165) is 24.9 Å². The fraction of sp³-hybridized carbons (Fsp3) is 0.500. The van der Waals surface area contributed by atoms with E-state index in [0.29, 0.717) is 6.54 Å². The van der Waals surface area contributed by atoms with Crippen molar-refractivity contribution in [1.29, 1.82) is 0 Å². The van der Waals surface area contributed by atoms with Crippen molar-refractivity contribution < 1.29 is 6.22 Å². The van der Waals surface area contributed by atoms with Gasteiger partial charge in [0.1, 0.15) is 0 Å². The van der Waals surface area contributed by atoms with Crippen LogP contribution < -0.4 is 5.32 Å². The van der Waals surface area contributed by atoms with Gasteiger partial charge in [-0.15, -0.1) is 0 Å². The lowest BCUT2D eigenvalue weighted by Gasteiger charge is -2.16. The van der Waals surface area contributed by atoms with Crippen molar-refractivity contribution in [3.05, 3.63) is 41.0 Å². The smallest absolute Gasteiger partial charge is 0.251 e. The van der Waals surface area contributed by atoms with Gasteiger partial charge in [-0.25, -0.2) is 0 Å². The zero-order chi connectivity index (χ0) is 15.2. The summed E-state index contributed by atoms with van der Waals surface area (Å²) in [6.07, 6.45) is 7.16. The quantitative estimate of drug-likeness (QED) is 0.899. The van der Waals surface area contributed by atoms with E-state index in [-0.39, 0.29) is 7.33 Å². The van der Waals surface area contributed by atoms with Crippen molar-refractivity contribution in [3.63, 3.8) is 0 Å². The van der Waals surface area contributed by atoms with Gasteiger partial charge < -0.3 is 10.2 Å². The number of aryl methyl sites for hydroxylation is 1. The minimum absolute atomic E-state index is 0. The number of rotatable bonds is 5. The van der Waals surface area contributed by atoms with E-state index in [9.17, 15) is 4.79 Å². The zero-order valence-electron chi connectivity index (χ0n) is 13.4. The predicted molar refractivity (Wildman–Crippen MR) is 90.6 cm³/mol. The van der Waals surface area contributed by atoms with Crippen molar-refractivity contribution in [2.45, 2.75) is 32.6 Å². The molecule has 1 aliphatic rings. The van der Waals surface area contributed by atoms with E-state index in [2.05, 4.69) is 35.3 Å². The monoisotopic (exact) mass is 288 g/mol. The summed E-state index contributed by atoms with van der Waals surface area (Å²) in [6, 6.07) is 6.04. The van der Waals surface area contributed by atoms with Crippen LogP contribution in [0.15, 0.2) is 24.3 Å². The molecule has 116 valence electrons. The highest BCUT2D eigenvalue weighted by Gasteiger charge is 2.12. The molecule has 0 aromatic heterocycles. The summed E-state index contributed by atoms with van der Waals surface area (Å²) < 4.78 is 0. The van der Waals surface area contributed by atoms with Crippen LogP contribution in [0.3, 0.4) is 0 Å². The molecular formula is C18H28N2O. The van der Waals surface area contributed by atoms with E-state index < -0.39 is 0 Å². The van der Waals surface area contributed by atoms with Crippen molar-refractivity contribution in [1.82, 2.24) is 10.2 Å². The minimum atomic E-state index is 0. The fourth-order valence-electron chi connectivity index (χ4n) is 2.69. The number of nitrogens with zero attached hydrogens (tertiary/aromatic N) is 1. The molecule has 0 atom stereocenters. The standard InChI is InChI=1S/C18H26N2O.H2/c1-14-9-10-16(18(21)19-11-12-20(2)3)13-17(14)15-7-5-4-6-8-15;/h7,9-10,13H,4-6,8,11-12H2,1-3H3,(H,19,21);1H. The lowest BCUT2D eigenvalue weighted by Crippen LogP contribution is -2.31. The van der Waals surface area contributed by atoms with Gasteiger partial charge in [-0.2, -0.15) is 0 Å². The maximum absolute atomic E-state index is 12.2. The first-order valence-corrected chi connectivity index (χ1v) is 7.81. The Kier molecular flexibility index (Phi) is 5.57. The van der Waals surface area contributed by atoms with Crippen LogP contribution in [0.1, 0.15) is 48.6 Å². The third-order valence-electron chi connectivity index (χ3n) is 3.98. The maximum Gasteiger partial charge on any atom is 0.251 e. The summed E-state index contributed by atoms with van der Waals surface area (Å²) in [5, 5.41) is 2.98. The molecule has 0 bridgehead atoms. The summed E-state index contributed by atoms with van der Waals surface area (Å²) in [5.74, 6) is 0.0227. The van der Waals surface area contributed by atoms with Crippen LogP contribution in [0, 0.1) is 6.92 Å². The molecule has 1 aromatic carbocycles. The number of carbonyl (C=O) groups is 1. The van der Waals surface area contributed by atoms with E-state index in [1.54, 1.807) is 0 Å².